The van der Waals surface area contributed by atoms with Crippen LogP contribution < -0.4 is 10.6 Å². The summed E-state index contributed by atoms with van der Waals surface area (Å²) in [6.45, 7) is 9.38. The maximum absolute atomic E-state index is 4.66. The lowest BCUT2D eigenvalue weighted by molar-refractivity contribution is 0.116. The maximum Gasteiger partial charge on any atom is 0.191 e. The van der Waals surface area contributed by atoms with Crippen molar-refractivity contribution in [3.63, 3.8) is 0 Å². The zero-order chi connectivity index (χ0) is 18.7. The molecule has 0 saturated carbocycles. The van der Waals surface area contributed by atoms with Gasteiger partial charge < -0.3 is 15.5 Å². The second-order valence-electron chi connectivity index (χ2n) is 7.95. The van der Waals surface area contributed by atoms with Gasteiger partial charge in [-0.05, 0) is 20.5 Å². The summed E-state index contributed by atoms with van der Waals surface area (Å²) >= 11 is 0. The van der Waals surface area contributed by atoms with Crippen LogP contribution in [0.2, 0.25) is 0 Å². The molecule has 1 fully saturated rings. The molecule has 1 aromatic heterocycles. The van der Waals surface area contributed by atoms with Crippen LogP contribution in [-0.4, -0.2) is 89.9 Å². The number of nitrogens with zero attached hydrogens (tertiary/aromatic N) is 6. The highest BCUT2D eigenvalue weighted by molar-refractivity contribution is 14.0. The van der Waals surface area contributed by atoms with E-state index in [4.69, 9.17) is 0 Å². The lowest BCUT2D eigenvalue weighted by atomic mass is 10.1. The topological polar surface area (TPSA) is 73.6 Å². The zero-order valence-corrected chi connectivity index (χ0v) is 19.6. The lowest BCUT2D eigenvalue weighted by Crippen LogP contribution is -2.56. The van der Waals surface area contributed by atoms with E-state index >= 15 is 0 Å². The van der Waals surface area contributed by atoms with Gasteiger partial charge in [-0.15, -0.1) is 24.0 Å². The number of hydrogen-bond acceptors (Lipinski definition) is 5. The first kappa shape index (κ1) is 22.4. The summed E-state index contributed by atoms with van der Waals surface area (Å²) in [5, 5.41) is 11.7. The molecule has 2 unspecified atom stereocenters. The van der Waals surface area contributed by atoms with Crippen LogP contribution >= 0.6 is 24.0 Å². The van der Waals surface area contributed by atoms with Gasteiger partial charge in [0.05, 0.1) is 6.54 Å². The SMILES string of the molecule is CN=C(NCC1CN(C)CCN1C)NC1CCc2nc(C(C)C)nn2C1.I. The molecule has 2 aliphatic rings. The van der Waals surface area contributed by atoms with Crippen LogP contribution in [0.25, 0.3) is 0 Å². The molecule has 0 bridgehead atoms. The van der Waals surface area contributed by atoms with Crippen molar-refractivity contribution in [2.75, 3.05) is 47.3 Å². The number of guanidine groups is 1. The molecule has 3 rings (SSSR count). The second-order valence-corrected chi connectivity index (χ2v) is 7.95. The Morgan fingerprint density at radius 1 is 1.26 bits per heavy atom. The summed E-state index contributed by atoms with van der Waals surface area (Å²) in [7, 11) is 6.23. The Morgan fingerprint density at radius 3 is 2.74 bits per heavy atom. The summed E-state index contributed by atoms with van der Waals surface area (Å²) in [4.78, 5) is 13.9. The number of rotatable bonds is 4. The van der Waals surface area contributed by atoms with Crippen LogP contribution in [0.1, 0.15) is 37.8 Å². The molecule has 8 nitrogen and oxygen atoms in total. The third-order valence-electron chi connectivity index (χ3n) is 5.44. The molecule has 2 atom stereocenters. The Labute approximate surface area is 180 Å². The molecule has 0 spiro atoms. The predicted octanol–water partition coefficient (Wildman–Crippen LogP) is 0.745. The summed E-state index contributed by atoms with van der Waals surface area (Å²) in [5.41, 5.74) is 0. The van der Waals surface area contributed by atoms with E-state index < -0.39 is 0 Å². The van der Waals surface area contributed by atoms with Crippen molar-refractivity contribution in [1.29, 1.82) is 0 Å². The van der Waals surface area contributed by atoms with E-state index in [9.17, 15) is 0 Å². The molecule has 27 heavy (non-hydrogen) atoms. The van der Waals surface area contributed by atoms with Crippen LogP contribution in [0.3, 0.4) is 0 Å². The molecular formula is C18H35IN8. The summed E-state index contributed by atoms with van der Waals surface area (Å²) in [6, 6.07) is 0.844. The van der Waals surface area contributed by atoms with E-state index in [1.165, 1.54) is 0 Å². The summed E-state index contributed by atoms with van der Waals surface area (Å²) in [6.07, 6.45) is 2.02. The number of hydrogen-bond donors (Lipinski definition) is 2. The van der Waals surface area contributed by atoms with E-state index in [-0.39, 0.29) is 24.0 Å². The number of halogens is 1. The van der Waals surface area contributed by atoms with Crippen LogP contribution in [0.5, 0.6) is 0 Å². The number of aromatic nitrogens is 3. The van der Waals surface area contributed by atoms with Gasteiger partial charge in [0.25, 0.3) is 0 Å². The van der Waals surface area contributed by atoms with E-state index in [0.717, 1.165) is 63.2 Å². The fourth-order valence-corrected chi connectivity index (χ4v) is 3.61. The third-order valence-corrected chi connectivity index (χ3v) is 5.44. The Morgan fingerprint density at radius 2 is 2.04 bits per heavy atom. The van der Waals surface area contributed by atoms with Gasteiger partial charge in [0.15, 0.2) is 11.8 Å². The molecule has 0 amide bonds. The molecule has 2 aliphatic heterocycles. The molecule has 3 heterocycles. The van der Waals surface area contributed by atoms with Gasteiger partial charge in [0.2, 0.25) is 0 Å². The van der Waals surface area contributed by atoms with Gasteiger partial charge in [-0.3, -0.25) is 9.89 Å². The van der Waals surface area contributed by atoms with Crippen molar-refractivity contribution in [2.45, 2.75) is 51.2 Å². The largest absolute Gasteiger partial charge is 0.355 e. The van der Waals surface area contributed by atoms with Crippen LogP contribution in [0, 0.1) is 0 Å². The lowest BCUT2D eigenvalue weighted by Gasteiger charge is -2.38. The molecule has 1 saturated heterocycles. The van der Waals surface area contributed by atoms with Crippen molar-refractivity contribution in [3.8, 4) is 0 Å². The molecule has 9 heteroatoms. The number of aliphatic imine (C=N–C) groups is 1. The highest BCUT2D eigenvalue weighted by atomic mass is 127. The fourth-order valence-electron chi connectivity index (χ4n) is 3.61. The first-order valence-electron chi connectivity index (χ1n) is 9.75. The van der Waals surface area contributed by atoms with Crippen LogP contribution in [0.4, 0.5) is 0 Å². The van der Waals surface area contributed by atoms with Crippen molar-refractivity contribution in [1.82, 2.24) is 35.2 Å². The van der Waals surface area contributed by atoms with Crippen molar-refractivity contribution < 1.29 is 0 Å². The highest BCUT2D eigenvalue weighted by Gasteiger charge is 2.25. The van der Waals surface area contributed by atoms with Crippen LogP contribution in [0.15, 0.2) is 4.99 Å². The molecule has 2 N–H and O–H groups in total. The Balaban J connectivity index is 0.00000261. The smallest absolute Gasteiger partial charge is 0.191 e. The quantitative estimate of drug-likeness (QED) is 0.369. The molecule has 0 radical (unpaired) electrons. The summed E-state index contributed by atoms with van der Waals surface area (Å²) < 4.78 is 2.06. The third kappa shape index (κ3) is 5.77. The van der Waals surface area contributed by atoms with E-state index in [0.29, 0.717) is 18.0 Å². The van der Waals surface area contributed by atoms with Gasteiger partial charge in [-0.25, -0.2) is 9.67 Å². The number of piperazine rings is 1. The molecule has 0 aliphatic carbocycles. The number of fused-ring (bicyclic) bond motifs is 1. The molecular weight excluding hydrogens is 455 g/mol. The van der Waals surface area contributed by atoms with Gasteiger partial charge in [0.1, 0.15) is 5.82 Å². The number of nitrogens with one attached hydrogen (secondary N) is 2. The number of aryl methyl sites for hydroxylation is 1. The molecule has 154 valence electrons. The van der Waals surface area contributed by atoms with Crippen LogP contribution in [-0.2, 0) is 13.0 Å². The average Bonchev–Trinajstić information content (AvgIpc) is 3.05. The minimum absolute atomic E-state index is 0. The zero-order valence-electron chi connectivity index (χ0n) is 17.3. The standard InChI is InChI=1S/C18H34N8.HI/c1-13(2)17-22-16-7-6-14(11-26(16)23-17)21-18(19-3)20-10-15-12-24(4)8-9-25(15)5;/h13-15H,6-12H2,1-5H3,(H2,19,20,21);1H. The highest BCUT2D eigenvalue weighted by Crippen LogP contribution is 2.17. The molecule has 1 aromatic rings. The Bertz CT molecular complexity index is 629. The van der Waals surface area contributed by atoms with E-state index in [1.807, 2.05) is 7.05 Å². The number of likely N-dealkylation sites (N-methyl/N-ethyl adjacent to an activating group) is 2. The Hall–Kier alpha value is -0.940. The van der Waals surface area contributed by atoms with Gasteiger partial charge >= 0.3 is 0 Å². The predicted molar refractivity (Wildman–Crippen MR) is 120 cm³/mol. The maximum atomic E-state index is 4.66. The van der Waals surface area contributed by atoms with E-state index in [1.54, 1.807) is 0 Å². The van der Waals surface area contributed by atoms with Crippen molar-refractivity contribution in [2.24, 2.45) is 4.99 Å². The molecule has 0 aromatic carbocycles. The summed E-state index contributed by atoms with van der Waals surface area (Å²) in [5.74, 6) is 3.32. The van der Waals surface area contributed by atoms with E-state index in [2.05, 4.69) is 68.1 Å². The Kier molecular flexibility index (Phi) is 8.29. The minimum atomic E-state index is 0. The van der Waals surface area contributed by atoms with Gasteiger partial charge in [-0.1, -0.05) is 13.8 Å². The second kappa shape index (κ2) is 10.0. The monoisotopic (exact) mass is 490 g/mol. The van der Waals surface area contributed by atoms with Gasteiger partial charge in [-0.2, -0.15) is 5.10 Å². The van der Waals surface area contributed by atoms with Crippen molar-refractivity contribution >= 4 is 29.9 Å². The first-order chi connectivity index (χ1) is 12.5. The fraction of sp³-hybridized carbons (Fsp3) is 0.833. The van der Waals surface area contributed by atoms with Gasteiger partial charge in [0, 0.05) is 57.6 Å². The van der Waals surface area contributed by atoms with Crippen molar-refractivity contribution in [3.05, 3.63) is 11.6 Å². The first-order valence-corrected chi connectivity index (χ1v) is 9.75. The normalized spacial score (nSPS) is 24.4. The average molecular weight is 490 g/mol. The minimum Gasteiger partial charge on any atom is -0.355 e.